The summed E-state index contributed by atoms with van der Waals surface area (Å²) in [5, 5.41) is 3.32. The van der Waals surface area contributed by atoms with Gasteiger partial charge in [-0.05, 0) is 52.4 Å². The molecule has 1 N–H and O–H groups in total. The first-order valence-corrected chi connectivity index (χ1v) is 8.01. The van der Waals surface area contributed by atoms with Crippen molar-refractivity contribution >= 4 is 0 Å². The third kappa shape index (κ3) is 7.50. The molecule has 1 aliphatic carbocycles. The van der Waals surface area contributed by atoms with Gasteiger partial charge in [0.15, 0.2) is 0 Å². The van der Waals surface area contributed by atoms with Crippen molar-refractivity contribution in [3.8, 4) is 0 Å². The zero-order chi connectivity index (χ0) is 16.1. The van der Waals surface area contributed by atoms with Crippen molar-refractivity contribution in [2.24, 2.45) is 5.92 Å². The number of hydrogen-bond acceptors (Lipinski definition) is 2. The second-order valence-corrected chi connectivity index (χ2v) is 7.42. The molecule has 0 aromatic heterocycles. The molecule has 1 fully saturated rings. The van der Waals surface area contributed by atoms with E-state index in [9.17, 15) is 13.2 Å². The van der Waals surface area contributed by atoms with E-state index in [1.54, 1.807) is 0 Å². The molecular formula is C16H30F3NO. The highest BCUT2D eigenvalue weighted by Gasteiger charge is 2.40. The third-order valence-corrected chi connectivity index (χ3v) is 4.20. The highest BCUT2D eigenvalue weighted by Crippen LogP contribution is 2.37. The molecule has 21 heavy (non-hydrogen) atoms. The topological polar surface area (TPSA) is 21.3 Å². The molecule has 0 radical (unpaired) electrons. The molecule has 0 saturated heterocycles. The van der Waals surface area contributed by atoms with Gasteiger partial charge in [-0.15, -0.1) is 0 Å². The summed E-state index contributed by atoms with van der Waals surface area (Å²) in [5.74, 6) is 0.646. The van der Waals surface area contributed by atoms with E-state index in [0.717, 1.165) is 32.1 Å². The molecule has 0 aliphatic heterocycles. The molecule has 2 nitrogen and oxygen atoms in total. The van der Waals surface area contributed by atoms with Crippen molar-refractivity contribution in [1.29, 1.82) is 0 Å². The lowest BCUT2D eigenvalue weighted by Crippen LogP contribution is -2.51. The highest BCUT2D eigenvalue weighted by molar-refractivity contribution is 4.91. The van der Waals surface area contributed by atoms with Crippen LogP contribution < -0.4 is 5.32 Å². The molecule has 0 unspecified atom stereocenters. The predicted octanol–water partition coefficient (Wildman–Crippen LogP) is 4.68. The smallest absolute Gasteiger partial charge is 0.364 e. The lowest BCUT2D eigenvalue weighted by Gasteiger charge is -2.42. The maximum Gasteiger partial charge on any atom is 0.411 e. The van der Waals surface area contributed by atoms with Crippen molar-refractivity contribution in [2.75, 3.05) is 13.2 Å². The largest absolute Gasteiger partial charge is 0.411 e. The lowest BCUT2D eigenvalue weighted by molar-refractivity contribution is -0.212. The van der Waals surface area contributed by atoms with Gasteiger partial charge in [0.25, 0.3) is 0 Å². The minimum atomic E-state index is -4.25. The number of rotatable bonds is 6. The molecule has 0 aromatic carbocycles. The predicted molar refractivity (Wildman–Crippen MR) is 79.4 cm³/mol. The molecule has 0 bridgehead atoms. The molecule has 0 heterocycles. The average Bonchev–Trinajstić information content (AvgIpc) is 2.35. The van der Waals surface area contributed by atoms with E-state index in [2.05, 4.69) is 12.2 Å². The second kappa shape index (κ2) is 7.32. The first kappa shape index (κ1) is 18.8. The Labute approximate surface area is 126 Å². The quantitative estimate of drug-likeness (QED) is 0.769. The molecule has 0 aromatic rings. The Bertz CT molecular complexity index is 282. The van der Waals surface area contributed by atoms with E-state index in [-0.39, 0.29) is 5.54 Å². The van der Waals surface area contributed by atoms with Gasteiger partial charge in [0, 0.05) is 12.1 Å². The molecule has 0 amide bonds. The monoisotopic (exact) mass is 309 g/mol. The lowest BCUT2D eigenvalue weighted by atomic mass is 9.76. The minimum absolute atomic E-state index is 0.116. The van der Waals surface area contributed by atoms with Crippen LogP contribution in [-0.4, -0.2) is 30.5 Å². The van der Waals surface area contributed by atoms with Crippen molar-refractivity contribution in [3.63, 3.8) is 0 Å². The first-order chi connectivity index (χ1) is 9.55. The Morgan fingerprint density at radius 3 is 2.14 bits per heavy atom. The maximum absolute atomic E-state index is 12.5. The standard InChI is InChI=1S/C16H30F3NO/c1-5-6-13-7-9-15(10-8-13,11-20-14(2,3)4)21-12-16(17,18)19/h13,20H,5-12H2,1-4H3. The van der Waals surface area contributed by atoms with Gasteiger partial charge in [-0.1, -0.05) is 19.8 Å². The van der Waals surface area contributed by atoms with Crippen LogP contribution in [0.4, 0.5) is 13.2 Å². The summed E-state index contributed by atoms with van der Waals surface area (Å²) in [4.78, 5) is 0. The average molecular weight is 309 g/mol. The van der Waals surface area contributed by atoms with Crippen LogP contribution in [-0.2, 0) is 4.74 Å². The Balaban J connectivity index is 2.63. The fourth-order valence-electron chi connectivity index (χ4n) is 2.93. The Hall–Kier alpha value is -0.290. The van der Waals surface area contributed by atoms with Gasteiger partial charge in [0.1, 0.15) is 6.61 Å². The summed E-state index contributed by atoms with van der Waals surface area (Å²) < 4.78 is 42.9. The van der Waals surface area contributed by atoms with Crippen LogP contribution in [0, 0.1) is 5.92 Å². The van der Waals surface area contributed by atoms with Crippen LogP contribution in [0.2, 0.25) is 0 Å². The fourth-order valence-corrected chi connectivity index (χ4v) is 2.93. The number of hydrogen-bond donors (Lipinski definition) is 1. The van der Waals surface area contributed by atoms with Gasteiger partial charge in [-0.25, -0.2) is 0 Å². The minimum Gasteiger partial charge on any atom is -0.364 e. The normalized spacial score (nSPS) is 27.9. The van der Waals surface area contributed by atoms with E-state index < -0.39 is 18.4 Å². The van der Waals surface area contributed by atoms with E-state index in [0.29, 0.717) is 12.5 Å². The van der Waals surface area contributed by atoms with Gasteiger partial charge in [-0.2, -0.15) is 13.2 Å². The van der Waals surface area contributed by atoms with Gasteiger partial charge in [0.05, 0.1) is 5.60 Å². The van der Waals surface area contributed by atoms with Gasteiger partial charge >= 0.3 is 6.18 Å². The van der Waals surface area contributed by atoms with E-state index in [1.165, 1.54) is 6.42 Å². The van der Waals surface area contributed by atoms with Gasteiger partial charge in [0.2, 0.25) is 0 Å². The number of halogens is 3. The Kier molecular flexibility index (Phi) is 6.54. The van der Waals surface area contributed by atoms with Crippen molar-refractivity contribution in [2.45, 2.75) is 83.5 Å². The molecule has 1 rings (SSSR count). The van der Waals surface area contributed by atoms with Gasteiger partial charge in [-0.3, -0.25) is 0 Å². The van der Waals surface area contributed by atoms with Crippen LogP contribution in [0.3, 0.4) is 0 Å². The summed E-state index contributed by atoms with van der Waals surface area (Å²) in [6, 6.07) is 0. The number of nitrogens with one attached hydrogen (secondary N) is 1. The van der Waals surface area contributed by atoms with Crippen LogP contribution in [0.1, 0.15) is 66.2 Å². The summed E-state index contributed by atoms with van der Waals surface area (Å²) in [6.45, 7) is 7.57. The summed E-state index contributed by atoms with van der Waals surface area (Å²) in [6.07, 6.45) is 1.43. The summed E-state index contributed by atoms with van der Waals surface area (Å²) in [7, 11) is 0. The molecule has 0 spiro atoms. The van der Waals surface area contributed by atoms with Crippen LogP contribution in [0.5, 0.6) is 0 Å². The zero-order valence-electron chi connectivity index (χ0n) is 13.8. The van der Waals surface area contributed by atoms with Crippen LogP contribution in [0.15, 0.2) is 0 Å². The highest BCUT2D eigenvalue weighted by atomic mass is 19.4. The molecule has 1 saturated carbocycles. The van der Waals surface area contributed by atoms with Gasteiger partial charge < -0.3 is 10.1 Å². The van der Waals surface area contributed by atoms with E-state index in [4.69, 9.17) is 4.74 Å². The van der Waals surface area contributed by atoms with Crippen molar-refractivity contribution < 1.29 is 17.9 Å². The van der Waals surface area contributed by atoms with Crippen LogP contribution >= 0.6 is 0 Å². The SMILES string of the molecule is CCCC1CCC(CNC(C)(C)C)(OCC(F)(F)F)CC1. The Morgan fingerprint density at radius 1 is 1.14 bits per heavy atom. The second-order valence-electron chi connectivity index (χ2n) is 7.42. The summed E-state index contributed by atoms with van der Waals surface area (Å²) >= 11 is 0. The maximum atomic E-state index is 12.5. The first-order valence-electron chi connectivity index (χ1n) is 8.01. The van der Waals surface area contributed by atoms with Crippen LogP contribution in [0.25, 0.3) is 0 Å². The molecule has 0 atom stereocenters. The van der Waals surface area contributed by atoms with E-state index >= 15 is 0 Å². The molecule has 1 aliphatic rings. The van der Waals surface area contributed by atoms with Crippen molar-refractivity contribution in [1.82, 2.24) is 5.32 Å². The number of alkyl halides is 3. The van der Waals surface area contributed by atoms with E-state index in [1.807, 2.05) is 20.8 Å². The third-order valence-electron chi connectivity index (χ3n) is 4.20. The fraction of sp³-hybridized carbons (Fsp3) is 1.00. The molecular weight excluding hydrogens is 279 g/mol. The summed E-state index contributed by atoms with van der Waals surface area (Å²) in [5.41, 5.74) is -0.776. The number of ether oxygens (including phenoxy) is 1. The van der Waals surface area contributed by atoms with Crippen molar-refractivity contribution in [3.05, 3.63) is 0 Å². The Morgan fingerprint density at radius 2 is 1.71 bits per heavy atom. The zero-order valence-corrected chi connectivity index (χ0v) is 13.8. The molecule has 5 heteroatoms. The molecule has 126 valence electrons.